The van der Waals surface area contributed by atoms with Crippen molar-refractivity contribution >= 4 is 46.4 Å². The monoisotopic (exact) mass is 578 g/mol. The second kappa shape index (κ2) is 13.0. The fourth-order valence-corrected chi connectivity index (χ4v) is 4.65. The minimum atomic E-state index is -0.864. The number of hydrogen-bond acceptors (Lipinski definition) is 8. The lowest BCUT2D eigenvalue weighted by Gasteiger charge is -2.29. The van der Waals surface area contributed by atoms with E-state index in [0.29, 0.717) is 21.5 Å². The molecule has 38 heavy (non-hydrogen) atoms. The van der Waals surface area contributed by atoms with Crippen LogP contribution in [-0.4, -0.2) is 54.5 Å². The van der Waals surface area contributed by atoms with Gasteiger partial charge in [-0.25, -0.2) is 9.78 Å². The van der Waals surface area contributed by atoms with Crippen LogP contribution in [0.1, 0.15) is 36.6 Å². The first-order valence-electron chi connectivity index (χ1n) is 11.5. The standard InChI is InChI=1S/C27H28Cl2N2O6S/c1-14(31-26(38)24-25(32)20(34-3)10-11-30-24)27(33)37-15(2)23(18-8-6-16(28)12-21(18)35-4)19-9-7-17(29)13-22(19)36-5/h6-15,23,32H,1-5H3,(H,31,38)/t14-,15-/m0/s1. The molecule has 8 nitrogen and oxygen atoms in total. The Labute approximate surface area is 236 Å². The van der Waals surface area contributed by atoms with E-state index in [2.05, 4.69) is 10.3 Å². The number of nitrogens with zero attached hydrogens (tertiary/aromatic N) is 1. The van der Waals surface area contributed by atoms with Gasteiger partial charge in [0, 0.05) is 33.4 Å². The van der Waals surface area contributed by atoms with E-state index in [1.165, 1.54) is 33.6 Å². The van der Waals surface area contributed by atoms with E-state index in [0.717, 1.165) is 11.1 Å². The first-order chi connectivity index (χ1) is 18.1. The first kappa shape index (κ1) is 29.3. The molecule has 0 unspecified atom stereocenters. The maximum atomic E-state index is 13.2. The van der Waals surface area contributed by atoms with Gasteiger partial charge in [-0.2, -0.15) is 0 Å². The molecular formula is C27H28Cl2N2O6S. The number of nitrogens with one attached hydrogen (secondary N) is 1. The summed E-state index contributed by atoms with van der Waals surface area (Å²) in [5.74, 6) is -0.0517. The van der Waals surface area contributed by atoms with Crippen molar-refractivity contribution < 1.29 is 28.8 Å². The zero-order chi connectivity index (χ0) is 28.0. The third-order valence-corrected chi connectivity index (χ3v) is 6.64. The number of aromatic nitrogens is 1. The van der Waals surface area contributed by atoms with Crippen LogP contribution in [0.3, 0.4) is 0 Å². The number of methoxy groups -OCH3 is 3. The highest BCUT2D eigenvalue weighted by atomic mass is 35.5. The van der Waals surface area contributed by atoms with E-state index in [1.54, 1.807) is 38.1 Å². The number of carbonyl (C=O) groups excluding carboxylic acids is 1. The third-order valence-electron chi connectivity index (χ3n) is 5.86. The van der Waals surface area contributed by atoms with Gasteiger partial charge >= 0.3 is 5.97 Å². The van der Waals surface area contributed by atoms with Crippen molar-refractivity contribution in [3.8, 4) is 23.0 Å². The molecule has 11 heteroatoms. The number of benzene rings is 2. The Morgan fingerprint density at radius 3 is 1.95 bits per heavy atom. The zero-order valence-electron chi connectivity index (χ0n) is 21.5. The minimum Gasteiger partial charge on any atom is -0.503 e. The maximum absolute atomic E-state index is 13.2. The SMILES string of the molecule is COc1cc(Cl)ccc1C(c1ccc(Cl)cc1OC)[C@H](C)OC(=O)[C@H](C)NC(=S)c1nccc(OC)c1O. The quantitative estimate of drug-likeness (QED) is 0.237. The summed E-state index contributed by atoms with van der Waals surface area (Å²) in [5.41, 5.74) is 1.56. The Morgan fingerprint density at radius 1 is 0.921 bits per heavy atom. The largest absolute Gasteiger partial charge is 0.503 e. The molecule has 2 N–H and O–H groups in total. The fourth-order valence-electron chi connectivity index (χ4n) is 4.00. The molecule has 0 saturated carbocycles. The van der Waals surface area contributed by atoms with Gasteiger partial charge in [0.1, 0.15) is 34.3 Å². The normalized spacial score (nSPS) is 12.4. The van der Waals surface area contributed by atoms with Gasteiger partial charge in [0.2, 0.25) is 0 Å². The summed E-state index contributed by atoms with van der Waals surface area (Å²) >= 11 is 17.8. The van der Waals surface area contributed by atoms with Crippen molar-refractivity contribution in [3.63, 3.8) is 0 Å². The van der Waals surface area contributed by atoms with Gasteiger partial charge in [-0.15, -0.1) is 0 Å². The molecule has 0 radical (unpaired) electrons. The smallest absolute Gasteiger partial charge is 0.328 e. The fraction of sp³-hybridized carbons (Fsp3) is 0.296. The van der Waals surface area contributed by atoms with E-state index >= 15 is 0 Å². The van der Waals surface area contributed by atoms with E-state index in [9.17, 15) is 9.90 Å². The van der Waals surface area contributed by atoms with Crippen LogP contribution in [-0.2, 0) is 9.53 Å². The summed E-state index contributed by atoms with van der Waals surface area (Å²) in [4.78, 5) is 17.3. The van der Waals surface area contributed by atoms with Crippen LogP contribution in [0.2, 0.25) is 10.0 Å². The van der Waals surface area contributed by atoms with Gasteiger partial charge in [-0.1, -0.05) is 47.6 Å². The Kier molecular flexibility index (Phi) is 10.0. The highest BCUT2D eigenvalue weighted by Crippen LogP contribution is 2.41. The highest BCUT2D eigenvalue weighted by Gasteiger charge is 2.31. The molecular weight excluding hydrogens is 551 g/mol. The third kappa shape index (κ3) is 6.59. The van der Waals surface area contributed by atoms with Crippen LogP contribution < -0.4 is 19.5 Å². The van der Waals surface area contributed by atoms with Gasteiger partial charge in [0.15, 0.2) is 11.5 Å². The molecule has 2 atom stereocenters. The summed E-state index contributed by atoms with van der Waals surface area (Å²) in [6.45, 7) is 3.37. The molecule has 202 valence electrons. The molecule has 0 aliphatic rings. The lowest BCUT2D eigenvalue weighted by molar-refractivity contribution is -0.150. The van der Waals surface area contributed by atoms with Crippen molar-refractivity contribution in [1.82, 2.24) is 10.3 Å². The van der Waals surface area contributed by atoms with E-state index in [1.807, 2.05) is 12.1 Å². The average Bonchev–Trinajstić information content (AvgIpc) is 2.90. The van der Waals surface area contributed by atoms with E-state index in [-0.39, 0.29) is 22.2 Å². The lowest BCUT2D eigenvalue weighted by Crippen LogP contribution is -2.41. The number of carbonyl (C=O) groups is 1. The molecule has 1 heterocycles. The Morgan fingerprint density at radius 2 is 1.45 bits per heavy atom. The van der Waals surface area contributed by atoms with Crippen molar-refractivity contribution in [2.45, 2.75) is 31.9 Å². The van der Waals surface area contributed by atoms with Crippen LogP contribution >= 0.6 is 35.4 Å². The van der Waals surface area contributed by atoms with Gasteiger partial charge < -0.3 is 29.4 Å². The number of thiocarbonyl (C=S) groups is 1. The number of ether oxygens (including phenoxy) is 4. The Balaban J connectivity index is 1.89. The Bertz CT molecular complexity index is 1270. The van der Waals surface area contributed by atoms with Crippen molar-refractivity contribution in [3.05, 3.63) is 75.5 Å². The molecule has 2 aromatic carbocycles. The van der Waals surface area contributed by atoms with Crippen LogP contribution in [0.25, 0.3) is 0 Å². The summed E-state index contributed by atoms with van der Waals surface area (Å²) in [5, 5.41) is 14.2. The molecule has 0 aliphatic carbocycles. The summed E-state index contributed by atoms with van der Waals surface area (Å²) in [7, 11) is 4.49. The number of halogens is 2. The topological polar surface area (TPSA) is 99.1 Å². The second-order valence-corrected chi connectivity index (χ2v) is 9.58. The molecule has 3 rings (SSSR count). The number of aromatic hydroxyl groups is 1. The second-order valence-electron chi connectivity index (χ2n) is 8.30. The van der Waals surface area contributed by atoms with Gasteiger partial charge in [0.25, 0.3) is 0 Å². The highest BCUT2D eigenvalue weighted by molar-refractivity contribution is 7.80. The summed E-state index contributed by atoms with van der Waals surface area (Å²) in [6, 6.07) is 11.1. The molecule has 3 aromatic rings. The average molecular weight is 580 g/mol. The lowest BCUT2D eigenvalue weighted by atomic mass is 9.86. The molecule has 0 aliphatic heterocycles. The first-order valence-corrected chi connectivity index (χ1v) is 12.7. The number of esters is 1. The number of rotatable bonds is 10. The number of pyridine rings is 1. The van der Waals surface area contributed by atoms with Crippen LogP contribution in [0, 0.1) is 0 Å². The van der Waals surface area contributed by atoms with Crippen LogP contribution in [0.4, 0.5) is 0 Å². The molecule has 0 spiro atoms. The maximum Gasteiger partial charge on any atom is 0.328 e. The Hall–Kier alpha value is -3.27. The van der Waals surface area contributed by atoms with Crippen molar-refractivity contribution in [2.75, 3.05) is 21.3 Å². The molecule has 0 amide bonds. The van der Waals surface area contributed by atoms with Crippen molar-refractivity contribution in [2.24, 2.45) is 0 Å². The number of hydrogen-bond donors (Lipinski definition) is 2. The van der Waals surface area contributed by atoms with Crippen LogP contribution in [0.5, 0.6) is 23.0 Å². The van der Waals surface area contributed by atoms with Gasteiger partial charge in [0.05, 0.1) is 27.2 Å². The molecule has 0 fully saturated rings. The van der Waals surface area contributed by atoms with E-state index in [4.69, 9.17) is 54.4 Å². The molecule has 1 aromatic heterocycles. The van der Waals surface area contributed by atoms with Crippen LogP contribution in [0.15, 0.2) is 48.7 Å². The molecule has 0 bridgehead atoms. The van der Waals surface area contributed by atoms with Gasteiger partial charge in [-0.05, 0) is 38.1 Å². The molecule has 0 saturated heterocycles. The zero-order valence-corrected chi connectivity index (χ0v) is 23.8. The minimum absolute atomic E-state index is 0.0637. The summed E-state index contributed by atoms with van der Waals surface area (Å²) < 4.78 is 22.2. The van der Waals surface area contributed by atoms with Crippen molar-refractivity contribution in [1.29, 1.82) is 0 Å². The predicted octanol–water partition coefficient (Wildman–Crippen LogP) is 5.54. The van der Waals surface area contributed by atoms with E-state index < -0.39 is 24.0 Å². The predicted molar refractivity (Wildman–Crippen MR) is 150 cm³/mol. The van der Waals surface area contributed by atoms with Gasteiger partial charge in [-0.3, -0.25) is 0 Å². The summed E-state index contributed by atoms with van der Waals surface area (Å²) in [6.07, 6.45) is 0.755.